The van der Waals surface area contributed by atoms with Crippen molar-refractivity contribution >= 4 is 23.2 Å². The summed E-state index contributed by atoms with van der Waals surface area (Å²) in [6, 6.07) is 0. The molecule has 0 bridgehead atoms. The molecule has 64 valence electrons. The summed E-state index contributed by atoms with van der Waals surface area (Å²) < 4.78 is 13.9. The van der Waals surface area contributed by atoms with E-state index in [4.69, 9.17) is 5.11 Å². The van der Waals surface area contributed by atoms with Gasteiger partial charge < -0.3 is 5.11 Å². The third kappa shape index (κ3) is 4.66. The molecule has 0 aromatic carbocycles. The van der Waals surface area contributed by atoms with Crippen LogP contribution in [0.4, 0.5) is 0 Å². The molecule has 0 aliphatic rings. The van der Waals surface area contributed by atoms with Crippen LogP contribution in [0.15, 0.2) is 4.40 Å². The first-order valence-electron chi connectivity index (χ1n) is 3.03. The highest BCUT2D eigenvalue weighted by Crippen LogP contribution is 2.11. The van der Waals surface area contributed by atoms with Crippen LogP contribution in [-0.2, 0) is 15.8 Å². The lowest BCUT2D eigenvalue weighted by molar-refractivity contribution is -0.128. The SMILES string of the molecule is CC(C)(C)[S@](=O)N=CC(=O)O. The number of carboxylic acids is 1. The Morgan fingerprint density at radius 2 is 2.00 bits per heavy atom. The van der Waals surface area contributed by atoms with Crippen molar-refractivity contribution < 1.29 is 14.1 Å². The maximum Gasteiger partial charge on any atom is 0.347 e. The molecule has 5 heteroatoms. The molecule has 0 saturated carbocycles. The topological polar surface area (TPSA) is 66.7 Å². The molecule has 0 aliphatic heterocycles. The molecule has 1 atom stereocenters. The molecule has 0 radical (unpaired) electrons. The number of carboxylic acid groups (broad SMARTS) is 1. The second kappa shape index (κ2) is 3.61. The van der Waals surface area contributed by atoms with Gasteiger partial charge in [0.25, 0.3) is 0 Å². The van der Waals surface area contributed by atoms with E-state index in [0.29, 0.717) is 6.21 Å². The van der Waals surface area contributed by atoms with Crippen LogP contribution in [0.1, 0.15) is 20.8 Å². The summed E-state index contributed by atoms with van der Waals surface area (Å²) in [5.41, 5.74) is 0. The van der Waals surface area contributed by atoms with Gasteiger partial charge in [-0.15, -0.1) is 0 Å². The first kappa shape index (κ1) is 10.3. The quantitative estimate of drug-likeness (QED) is 0.628. The van der Waals surface area contributed by atoms with Crippen molar-refractivity contribution in [1.82, 2.24) is 0 Å². The standard InChI is InChI=1S/C6H11NO3S/c1-6(2,3)11(10)7-4-5(8)9/h4H,1-3H3,(H,8,9)/t11-/m0/s1. The number of nitrogens with zero attached hydrogens (tertiary/aromatic N) is 1. The van der Waals surface area contributed by atoms with Gasteiger partial charge in [-0.3, -0.25) is 0 Å². The van der Waals surface area contributed by atoms with Gasteiger partial charge in [-0.2, -0.15) is 4.40 Å². The monoisotopic (exact) mass is 177 g/mol. The molecule has 0 saturated heterocycles. The van der Waals surface area contributed by atoms with Crippen LogP contribution in [-0.4, -0.2) is 26.2 Å². The van der Waals surface area contributed by atoms with Gasteiger partial charge in [0, 0.05) is 0 Å². The van der Waals surface area contributed by atoms with Gasteiger partial charge in [-0.1, -0.05) is 0 Å². The van der Waals surface area contributed by atoms with Crippen molar-refractivity contribution in [2.24, 2.45) is 4.40 Å². The zero-order valence-electron chi connectivity index (χ0n) is 6.70. The van der Waals surface area contributed by atoms with Crippen LogP contribution in [0.25, 0.3) is 0 Å². The van der Waals surface area contributed by atoms with E-state index in [-0.39, 0.29) is 0 Å². The number of carbonyl (C=O) groups is 1. The van der Waals surface area contributed by atoms with E-state index in [9.17, 15) is 9.00 Å². The Kier molecular flexibility index (Phi) is 3.38. The predicted molar refractivity (Wildman–Crippen MR) is 44.0 cm³/mol. The van der Waals surface area contributed by atoms with Gasteiger partial charge in [-0.25, -0.2) is 9.00 Å². The minimum Gasteiger partial charge on any atom is -0.477 e. The number of hydrogen-bond donors (Lipinski definition) is 1. The molecule has 1 N–H and O–H groups in total. The highest BCUT2D eigenvalue weighted by molar-refractivity contribution is 7.85. The third-order valence-corrected chi connectivity index (χ3v) is 2.13. The number of hydrogen-bond acceptors (Lipinski definition) is 2. The van der Waals surface area contributed by atoms with Crippen molar-refractivity contribution in [3.8, 4) is 0 Å². The van der Waals surface area contributed by atoms with Crippen LogP contribution in [0, 0.1) is 0 Å². The van der Waals surface area contributed by atoms with E-state index in [1.807, 2.05) is 0 Å². The Balaban J connectivity index is 4.20. The molecule has 0 aromatic heterocycles. The van der Waals surface area contributed by atoms with Gasteiger partial charge in [0.1, 0.15) is 17.2 Å². The lowest BCUT2D eigenvalue weighted by Gasteiger charge is -2.12. The molecule has 0 heterocycles. The van der Waals surface area contributed by atoms with E-state index in [1.165, 1.54) is 0 Å². The van der Waals surface area contributed by atoms with Crippen molar-refractivity contribution in [3.63, 3.8) is 0 Å². The minimum absolute atomic E-state index is 0.494. The van der Waals surface area contributed by atoms with E-state index in [2.05, 4.69) is 4.40 Å². The predicted octanol–water partition coefficient (Wildman–Crippen LogP) is 0.604. The highest BCUT2D eigenvalue weighted by atomic mass is 32.2. The van der Waals surface area contributed by atoms with Crippen molar-refractivity contribution in [3.05, 3.63) is 0 Å². The summed E-state index contributed by atoms with van der Waals surface area (Å²) >= 11 is 0. The fourth-order valence-electron chi connectivity index (χ4n) is 0.251. The molecule has 11 heavy (non-hydrogen) atoms. The normalized spacial score (nSPS) is 15.2. The second-order valence-corrected chi connectivity index (χ2v) is 4.87. The maximum atomic E-state index is 11.0. The number of aliphatic carboxylic acids is 1. The zero-order valence-corrected chi connectivity index (χ0v) is 7.51. The Morgan fingerprint density at radius 3 is 2.27 bits per heavy atom. The summed E-state index contributed by atoms with van der Waals surface area (Å²) in [6.07, 6.45) is 0.654. The van der Waals surface area contributed by atoms with Crippen molar-refractivity contribution in [2.45, 2.75) is 25.5 Å². The maximum absolute atomic E-state index is 11.0. The summed E-state index contributed by atoms with van der Waals surface area (Å²) in [5.74, 6) is -1.18. The Morgan fingerprint density at radius 1 is 1.55 bits per heavy atom. The van der Waals surface area contributed by atoms with Crippen LogP contribution < -0.4 is 0 Å². The summed E-state index contributed by atoms with van der Waals surface area (Å²) in [5, 5.41) is 8.14. The summed E-state index contributed by atoms with van der Waals surface area (Å²) in [7, 11) is -1.47. The van der Waals surface area contributed by atoms with Crippen LogP contribution in [0.5, 0.6) is 0 Å². The lowest BCUT2D eigenvalue weighted by atomic mass is 10.3. The van der Waals surface area contributed by atoms with Gasteiger partial charge in [-0.05, 0) is 20.8 Å². The fourth-order valence-corrected chi connectivity index (χ4v) is 0.753. The zero-order chi connectivity index (χ0) is 9.07. The highest BCUT2D eigenvalue weighted by Gasteiger charge is 2.18. The van der Waals surface area contributed by atoms with Crippen LogP contribution in [0.2, 0.25) is 0 Å². The molecule has 0 spiro atoms. The van der Waals surface area contributed by atoms with Crippen LogP contribution >= 0.6 is 0 Å². The smallest absolute Gasteiger partial charge is 0.347 e. The van der Waals surface area contributed by atoms with E-state index in [1.54, 1.807) is 20.8 Å². The van der Waals surface area contributed by atoms with Crippen molar-refractivity contribution in [1.29, 1.82) is 0 Å². The summed E-state index contributed by atoms with van der Waals surface area (Å²) in [6.45, 7) is 5.17. The minimum atomic E-state index is -1.47. The molecule has 0 aromatic rings. The largest absolute Gasteiger partial charge is 0.477 e. The van der Waals surface area contributed by atoms with E-state index >= 15 is 0 Å². The molecule has 0 rings (SSSR count). The molecule has 0 unspecified atom stereocenters. The third-order valence-electron chi connectivity index (χ3n) is 0.783. The molecular formula is C6H11NO3S. The number of rotatable bonds is 2. The first-order valence-corrected chi connectivity index (χ1v) is 4.13. The molecule has 4 nitrogen and oxygen atoms in total. The molecule has 0 amide bonds. The molecular weight excluding hydrogens is 166 g/mol. The fraction of sp³-hybridized carbons (Fsp3) is 0.667. The second-order valence-electron chi connectivity index (χ2n) is 2.93. The van der Waals surface area contributed by atoms with Crippen LogP contribution in [0.3, 0.4) is 0 Å². The van der Waals surface area contributed by atoms with Gasteiger partial charge in [0.15, 0.2) is 0 Å². The van der Waals surface area contributed by atoms with E-state index < -0.39 is 21.7 Å². The Labute approximate surface area is 67.9 Å². The Bertz CT molecular complexity index is 204. The lowest BCUT2D eigenvalue weighted by Crippen LogP contribution is -2.20. The van der Waals surface area contributed by atoms with E-state index in [0.717, 1.165) is 0 Å². The van der Waals surface area contributed by atoms with Gasteiger partial charge >= 0.3 is 5.97 Å². The Hall–Kier alpha value is -0.710. The van der Waals surface area contributed by atoms with Gasteiger partial charge in [0.2, 0.25) is 0 Å². The average Bonchev–Trinajstić information content (AvgIpc) is 1.80. The summed E-state index contributed by atoms with van der Waals surface area (Å²) in [4.78, 5) is 9.95. The van der Waals surface area contributed by atoms with Crippen molar-refractivity contribution in [2.75, 3.05) is 0 Å². The molecule has 0 fully saturated rings. The van der Waals surface area contributed by atoms with Gasteiger partial charge in [0.05, 0.1) is 4.75 Å². The average molecular weight is 177 g/mol. The molecule has 0 aliphatic carbocycles. The first-order chi connectivity index (χ1) is 4.84.